The minimum Gasteiger partial charge on any atom is -0.375 e. The number of aromatic nitrogens is 3. The van der Waals surface area contributed by atoms with E-state index in [2.05, 4.69) is 27.7 Å². The van der Waals surface area contributed by atoms with Crippen LogP contribution >= 0.6 is 0 Å². The molecule has 2 N–H and O–H groups in total. The Morgan fingerprint density at radius 1 is 1.53 bits per heavy atom. The number of hydrogen-bond acceptors (Lipinski definition) is 4. The largest absolute Gasteiger partial charge is 0.375 e. The molecule has 2 fully saturated rings. The Kier molecular flexibility index (Phi) is 3.84. The molecule has 1 aromatic heterocycles. The van der Waals surface area contributed by atoms with Gasteiger partial charge in [0.25, 0.3) is 0 Å². The van der Waals surface area contributed by atoms with E-state index in [0.29, 0.717) is 12.0 Å². The lowest BCUT2D eigenvalue weighted by atomic mass is 9.80. The summed E-state index contributed by atoms with van der Waals surface area (Å²) in [6.45, 7) is 4.00. The highest BCUT2D eigenvalue weighted by molar-refractivity contribution is 5.05. The van der Waals surface area contributed by atoms with Crippen molar-refractivity contribution < 1.29 is 4.74 Å². The molecule has 106 valence electrons. The van der Waals surface area contributed by atoms with E-state index in [1.54, 1.807) is 0 Å². The second-order valence-corrected chi connectivity index (χ2v) is 5.92. The Balaban J connectivity index is 1.74. The van der Waals surface area contributed by atoms with Gasteiger partial charge in [-0.1, -0.05) is 19.8 Å². The highest BCUT2D eigenvalue weighted by Gasteiger charge is 2.42. The van der Waals surface area contributed by atoms with Gasteiger partial charge in [0.05, 0.1) is 23.5 Å². The first-order valence-corrected chi connectivity index (χ1v) is 7.56. The van der Waals surface area contributed by atoms with Crippen LogP contribution in [0, 0.1) is 5.92 Å². The van der Waals surface area contributed by atoms with E-state index in [9.17, 15) is 0 Å². The number of nitrogens with zero attached hydrogens (tertiary/aromatic N) is 2. The van der Waals surface area contributed by atoms with Crippen LogP contribution in [-0.4, -0.2) is 34.2 Å². The maximum Gasteiger partial charge on any atom is 0.0996 e. The first kappa shape index (κ1) is 13.1. The fourth-order valence-corrected chi connectivity index (χ4v) is 3.81. The van der Waals surface area contributed by atoms with Gasteiger partial charge in [-0.25, -0.2) is 0 Å². The number of H-pyrrole nitrogens is 1. The Labute approximate surface area is 114 Å². The number of hydrogen-bond donors (Lipinski definition) is 2. The molecule has 2 atom stereocenters. The summed E-state index contributed by atoms with van der Waals surface area (Å²) >= 11 is 0. The van der Waals surface area contributed by atoms with E-state index in [-0.39, 0.29) is 5.60 Å². The standard InChI is InChI=1S/C14H24N4O/c1-2-15-13(12-10-16-18-17-12)11-5-8-19-14(9-11)6-3-4-7-14/h10-11,13,15H,2-9H2,1H3,(H,16,17,18). The van der Waals surface area contributed by atoms with Crippen LogP contribution in [0.2, 0.25) is 0 Å². The summed E-state index contributed by atoms with van der Waals surface area (Å²) in [6.07, 6.45) is 9.25. The molecule has 2 heterocycles. The Bertz CT molecular complexity index is 386. The second-order valence-electron chi connectivity index (χ2n) is 5.92. The van der Waals surface area contributed by atoms with E-state index < -0.39 is 0 Å². The van der Waals surface area contributed by atoms with E-state index >= 15 is 0 Å². The van der Waals surface area contributed by atoms with Crippen molar-refractivity contribution in [1.82, 2.24) is 20.7 Å². The molecule has 0 radical (unpaired) electrons. The zero-order valence-electron chi connectivity index (χ0n) is 11.7. The summed E-state index contributed by atoms with van der Waals surface area (Å²) < 4.78 is 6.13. The Morgan fingerprint density at radius 3 is 3.05 bits per heavy atom. The van der Waals surface area contributed by atoms with Crippen molar-refractivity contribution in [3.8, 4) is 0 Å². The average molecular weight is 264 g/mol. The van der Waals surface area contributed by atoms with Gasteiger partial charge in [0.15, 0.2) is 0 Å². The van der Waals surface area contributed by atoms with Crippen LogP contribution in [0.15, 0.2) is 6.20 Å². The van der Waals surface area contributed by atoms with Crippen molar-refractivity contribution >= 4 is 0 Å². The van der Waals surface area contributed by atoms with E-state index in [4.69, 9.17) is 4.74 Å². The zero-order chi connectivity index (χ0) is 13.1. The van der Waals surface area contributed by atoms with Crippen LogP contribution in [0.4, 0.5) is 0 Å². The maximum atomic E-state index is 6.13. The molecule has 1 aliphatic heterocycles. The summed E-state index contributed by atoms with van der Waals surface area (Å²) in [4.78, 5) is 0. The fraction of sp³-hybridized carbons (Fsp3) is 0.857. The summed E-state index contributed by atoms with van der Waals surface area (Å²) in [6, 6.07) is 0.310. The van der Waals surface area contributed by atoms with Crippen molar-refractivity contribution in [1.29, 1.82) is 0 Å². The van der Waals surface area contributed by atoms with Crippen LogP contribution in [0.1, 0.15) is 57.2 Å². The number of ether oxygens (including phenoxy) is 1. The Hall–Kier alpha value is -0.940. The van der Waals surface area contributed by atoms with Crippen molar-refractivity contribution in [2.24, 2.45) is 5.92 Å². The van der Waals surface area contributed by atoms with Gasteiger partial charge in [0.1, 0.15) is 0 Å². The van der Waals surface area contributed by atoms with Crippen LogP contribution in [0.25, 0.3) is 0 Å². The van der Waals surface area contributed by atoms with Gasteiger partial charge >= 0.3 is 0 Å². The lowest BCUT2D eigenvalue weighted by Gasteiger charge is -2.41. The molecule has 1 saturated heterocycles. The summed E-state index contributed by atoms with van der Waals surface area (Å²) in [7, 11) is 0. The third-order valence-corrected chi connectivity index (χ3v) is 4.69. The van der Waals surface area contributed by atoms with Gasteiger partial charge in [-0.05, 0) is 38.1 Å². The van der Waals surface area contributed by atoms with Crippen molar-refractivity contribution in [3.05, 3.63) is 11.9 Å². The molecule has 1 aromatic rings. The lowest BCUT2D eigenvalue weighted by molar-refractivity contribution is -0.0983. The number of nitrogens with one attached hydrogen (secondary N) is 2. The number of rotatable bonds is 4. The normalized spacial score (nSPS) is 27.7. The van der Waals surface area contributed by atoms with Gasteiger partial charge in [-0.15, -0.1) is 0 Å². The van der Waals surface area contributed by atoms with Crippen LogP contribution in [0.5, 0.6) is 0 Å². The smallest absolute Gasteiger partial charge is 0.0996 e. The van der Waals surface area contributed by atoms with E-state index in [1.807, 2.05) is 6.20 Å². The van der Waals surface area contributed by atoms with Crippen LogP contribution < -0.4 is 5.32 Å². The molecule has 1 spiro atoms. The molecule has 19 heavy (non-hydrogen) atoms. The molecule has 2 aliphatic rings. The third kappa shape index (κ3) is 2.67. The van der Waals surface area contributed by atoms with E-state index in [0.717, 1.165) is 31.7 Å². The average Bonchev–Trinajstić information content (AvgIpc) is 3.08. The maximum absolute atomic E-state index is 6.13. The highest BCUT2D eigenvalue weighted by atomic mass is 16.5. The zero-order valence-corrected chi connectivity index (χ0v) is 11.7. The van der Waals surface area contributed by atoms with Crippen LogP contribution in [-0.2, 0) is 4.74 Å². The predicted octanol–water partition coefficient (Wildman–Crippen LogP) is 2.19. The quantitative estimate of drug-likeness (QED) is 0.875. The summed E-state index contributed by atoms with van der Waals surface area (Å²) in [5.74, 6) is 0.608. The highest BCUT2D eigenvalue weighted by Crippen LogP contribution is 2.45. The minimum atomic E-state index is 0.167. The summed E-state index contributed by atoms with van der Waals surface area (Å²) in [5, 5.41) is 14.6. The van der Waals surface area contributed by atoms with Crippen molar-refractivity contribution in [2.75, 3.05) is 13.2 Å². The molecule has 0 aromatic carbocycles. The molecular weight excluding hydrogens is 240 g/mol. The molecule has 5 nitrogen and oxygen atoms in total. The van der Waals surface area contributed by atoms with Gasteiger partial charge in [0, 0.05) is 6.61 Å². The van der Waals surface area contributed by atoms with Gasteiger partial charge in [-0.3, -0.25) is 0 Å². The molecule has 2 unspecified atom stereocenters. The first-order chi connectivity index (χ1) is 9.33. The third-order valence-electron chi connectivity index (χ3n) is 4.69. The second kappa shape index (κ2) is 5.59. The van der Waals surface area contributed by atoms with E-state index in [1.165, 1.54) is 25.7 Å². The molecule has 1 saturated carbocycles. The molecule has 5 heteroatoms. The predicted molar refractivity (Wildman–Crippen MR) is 72.7 cm³/mol. The van der Waals surface area contributed by atoms with Crippen LogP contribution in [0.3, 0.4) is 0 Å². The minimum absolute atomic E-state index is 0.167. The number of aromatic amines is 1. The van der Waals surface area contributed by atoms with Gasteiger partial charge in [0.2, 0.25) is 0 Å². The van der Waals surface area contributed by atoms with Gasteiger partial charge < -0.3 is 10.1 Å². The van der Waals surface area contributed by atoms with Crippen molar-refractivity contribution in [2.45, 2.75) is 57.1 Å². The van der Waals surface area contributed by atoms with Crippen molar-refractivity contribution in [3.63, 3.8) is 0 Å². The molecule has 0 bridgehead atoms. The molecular formula is C14H24N4O. The van der Waals surface area contributed by atoms with Gasteiger partial charge in [-0.2, -0.15) is 15.4 Å². The molecule has 0 amide bonds. The lowest BCUT2D eigenvalue weighted by Crippen LogP contribution is -2.42. The Morgan fingerprint density at radius 2 is 2.37 bits per heavy atom. The first-order valence-electron chi connectivity index (χ1n) is 7.56. The summed E-state index contributed by atoms with van der Waals surface area (Å²) in [5.41, 5.74) is 1.21. The molecule has 1 aliphatic carbocycles. The fourth-order valence-electron chi connectivity index (χ4n) is 3.81. The SMILES string of the molecule is CCNC(c1cn[nH]n1)C1CCOC2(CCCC2)C1. The monoisotopic (exact) mass is 264 g/mol. The molecule has 3 rings (SSSR count). The topological polar surface area (TPSA) is 62.8 Å².